The van der Waals surface area contributed by atoms with Gasteiger partial charge in [-0.25, -0.2) is 0 Å². The van der Waals surface area contributed by atoms with Crippen molar-refractivity contribution < 1.29 is 0 Å². The third-order valence-corrected chi connectivity index (χ3v) is 7.17. The minimum Gasteiger partial charge on any atom is -0.294 e. The summed E-state index contributed by atoms with van der Waals surface area (Å²) in [6, 6.07) is 0. The average molecular weight is 243 g/mol. The van der Waals surface area contributed by atoms with E-state index in [9.17, 15) is 0 Å². The molecule has 1 aliphatic rings. The van der Waals surface area contributed by atoms with E-state index >= 15 is 0 Å². The Kier molecular flexibility index (Phi) is 5.98. The van der Waals surface area contributed by atoms with Crippen molar-refractivity contribution in [2.45, 2.75) is 58.2 Å². The lowest BCUT2D eigenvalue weighted by molar-refractivity contribution is 0.662. The van der Waals surface area contributed by atoms with Gasteiger partial charge in [0.05, 0.1) is 0 Å². The molecular weight excluding hydrogens is 218 g/mol. The number of hydrogen-bond donors (Lipinski definition) is 0. The molecule has 1 saturated carbocycles. The molecule has 1 fully saturated rings. The summed E-state index contributed by atoms with van der Waals surface area (Å²) in [5.74, 6) is 1.31. The number of hydrogen-bond acceptors (Lipinski definition) is 2. The van der Waals surface area contributed by atoms with Crippen LogP contribution in [0.5, 0.6) is 0 Å². The summed E-state index contributed by atoms with van der Waals surface area (Å²) in [6.07, 6.45) is 8.01. The maximum atomic E-state index is 4.72. The van der Waals surface area contributed by atoms with Crippen LogP contribution in [0.1, 0.15) is 38.5 Å². The Hall–Kier alpha value is 0.237. The van der Waals surface area contributed by atoms with Crippen molar-refractivity contribution in [2.24, 2.45) is 4.99 Å². The van der Waals surface area contributed by atoms with Crippen LogP contribution >= 0.6 is 11.2 Å². The van der Waals surface area contributed by atoms with Gasteiger partial charge in [-0.05, 0) is 37.9 Å². The van der Waals surface area contributed by atoms with Crippen LogP contribution < -0.4 is 0 Å². The molecular formula is C12H25NSSi. The van der Waals surface area contributed by atoms with Gasteiger partial charge in [0.2, 0.25) is 0 Å². The molecule has 0 radical (unpaired) electrons. The van der Waals surface area contributed by atoms with Gasteiger partial charge in [-0.2, -0.15) is 11.2 Å². The van der Waals surface area contributed by atoms with Gasteiger partial charge >= 0.3 is 0 Å². The van der Waals surface area contributed by atoms with E-state index in [0.29, 0.717) is 0 Å². The van der Waals surface area contributed by atoms with E-state index in [-0.39, 0.29) is 0 Å². The fraction of sp³-hybridized carbons (Fsp3) is 0.917. The molecule has 3 heteroatoms. The molecule has 0 aromatic rings. The van der Waals surface area contributed by atoms with Crippen molar-refractivity contribution in [3.8, 4) is 0 Å². The van der Waals surface area contributed by atoms with Crippen LogP contribution in [0.15, 0.2) is 4.99 Å². The highest BCUT2D eigenvalue weighted by Gasteiger charge is 2.12. The zero-order valence-corrected chi connectivity index (χ0v) is 12.3. The first-order chi connectivity index (χ1) is 7.08. The molecule has 1 aliphatic carbocycles. The minimum absolute atomic E-state index is 0.879. The standard InChI is InChI=1S/C12H25NSSi/c1-15(2,3)14-11-7-10-13-12-8-5-4-6-9-12/h4-11H2,1-3H3. The summed E-state index contributed by atoms with van der Waals surface area (Å²) in [5.41, 5.74) is 1.50. The van der Waals surface area contributed by atoms with Crippen molar-refractivity contribution in [1.29, 1.82) is 0 Å². The summed E-state index contributed by atoms with van der Waals surface area (Å²) in [5, 5.41) is 0. The topological polar surface area (TPSA) is 12.4 Å². The molecule has 0 unspecified atom stereocenters. The normalized spacial score (nSPS) is 17.9. The maximum absolute atomic E-state index is 4.72. The average Bonchev–Trinajstić information content (AvgIpc) is 2.17. The number of nitrogens with zero attached hydrogens (tertiary/aromatic N) is 1. The van der Waals surface area contributed by atoms with E-state index in [2.05, 4.69) is 30.9 Å². The van der Waals surface area contributed by atoms with E-state index in [4.69, 9.17) is 4.99 Å². The van der Waals surface area contributed by atoms with Crippen molar-refractivity contribution in [2.75, 3.05) is 12.3 Å². The summed E-state index contributed by atoms with van der Waals surface area (Å²) < 4.78 is 0. The lowest BCUT2D eigenvalue weighted by atomic mass is 9.98. The first-order valence-corrected chi connectivity index (χ1v) is 11.5. The van der Waals surface area contributed by atoms with Crippen molar-refractivity contribution in [1.82, 2.24) is 0 Å². The van der Waals surface area contributed by atoms with Crippen LogP contribution in [0.25, 0.3) is 0 Å². The molecule has 0 atom stereocenters. The van der Waals surface area contributed by atoms with E-state index in [1.807, 2.05) is 0 Å². The van der Waals surface area contributed by atoms with Crippen LogP contribution in [-0.2, 0) is 0 Å². The monoisotopic (exact) mass is 243 g/mol. The molecule has 0 amide bonds. The molecule has 0 aromatic carbocycles. The van der Waals surface area contributed by atoms with Gasteiger partial charge in [0.15, 0.2) is 0 Å². The van der Waals surface area contributed by atoms with Gasteiger partial charge in [0.1, 0.15) is 7.22 Å². The fourth-order valence-corrected chi connectivity index (χ4v) is 4.95. The van der Waals surface area contributed by atoms with Gasteiger partial charge in [0, 0.05) is 12.3 Å². The summed E-state index contributed by atoms with van der Waals surface area (Å²) in [4.78, 5) is 4.72. The van der Waals surface area contributed by atoms with Gasteiger partial charge in [-0.3, -0.25) is 4.99 Å². The number of rotatable bonds is 5. The summed E-state index contributed by atoms with van der Waals surface area (Å²) in [6.45, 7) is 8.34. The SMILES string of the molecule is C[Si](C)(C)SCCCN=C1CCCCC1. The van der Waals surface area contributed by atoms with Gasteiger partial charge < -0.3 is 0 Å². The van der Waals surface area contributed by atoms with Crippen molar-refractivity contribution in [3.05, 3.63) is 0 Å². The maximum Gasteiger partial charge on any atom is 0.108 e. The predicted octanol–water partition coefficient (Wildman–Crippen LogP) is 4.35. The van der Waals surface area contributed by atoms with E-state index in [1.165, 1.54) is 50.0 Å². The van der Waals surface area contributed by atoms with E-state index in [1.54, 1.807) is 0 Å². The Morgan fingerprint density at radius 1 is 1.13 bits per heavy atom. The molecule has 0 bridgehead atoms. The zero-order chi connectivity index (χ0) is 11.1. The highest BCUT2D eigenvalue weighted by molar-refractivity contribution is 8.28. The number of aliphatic imine (C=N–C) groups is 1. The van der Waals surface area contributed by atoms with Crippen LogP contribution in [0.3, 0.4) is 0 Å². The van der Waals surface area contributed by atoms with Gasteiger partial charge in [0.25, 0.3) is 0 Å². The second kappa shape index (κ2) is 6.74. The van der Waals surface area contributed by atoms with Gasteiger partial charge in [-0.15, -0.1) is 0 Å². The quantitative estimate of drug-likeness (QED) is 0.516. The lowest BCUT2D eigenvalue weighted by Crippen LogP contribution is -2.15. The third kappa shape index (κ3) is 7.18. The summed E-state index contributed by atoms with van der Waals surface area (Å²) in [7, 11) is -0.879. The smallest absolute Gasteiger partial charge is 0.108 e. The van der Waals surface area contributed by atoms with Crippen LogP contribution in [-0.4, -0.2) is 25.2 Å². The molecule has 0 saturated heterocycles. The highest BCUT2D eigenvalue weighted by Crippen LogP contribution is 2.20. The molecule has 88 valence electrons. The molecule has 1 nitrogen and oxygen atoms in total. The Balaban J connectivity index is 2.05. The zero-order valence-electron chi connectivity index (χ0n) is 10.5. The molecule has 15 heavy (non-hydrogen) atoms. The highest BCUT2D eigenvalue weighted by atomic mass is 32.4. The first kappa shape index (κ1) is 13.3. The van der Waals surface area contributed by atoms with Crippen LogP contribution in [0.2, 0.25) is 19.6 Å². The predicted molar refractivity (Wildman–Crippen MR) is 75.8 cm³/mol. The molecule has 0 heterocycles. The Morgan fingerprint density at radius 3 is 2.40 bits per heavy atom. The Labute approximate surface area is 99.8 Å². The van der Waals surface area contributed by atoms with Crippen LogP contribution in [0, 0.1) is 0 Å². The lowest BCUT2D eigenvalue weighted by Gasteiger charge is -2.15. The third-order valence-electron chi connectivity index (χ3n) is 2.60. The Morgan fingerprint density at radius 2 is 1.80 bits per heavy atom. The van der Waals surface area contributed by atoms with Crippen LogP contribution in [0.4, 0.5) is 0 Å². The second-order valence-electron chi connectivity index (χ2n) is 5.32. The van der Waals surface area contributed by atoms with Gasteiger partial charge in [-0.1, -0.05) is 26.1 Å². The largest absolute Gasteiger partial charge is 0.294 e. The Bertz CT molecular complexity index is 200. The van der Waals surface area contributed by atoms with Crippen molar-refractivity contribution >= 4 is 24.1 Å². The van der Waals surface area contributed by atoms with E-state index < -0.39 is 7.22 Å². The second-order valence-corrected chi connectivity index (χ2v) is 14.8. The molecule has 0 spiro atoms. The molecule has 0 aliphatic heterocycles. The molecule has 1 rings (SSSR count). The van der Waals surface area contributed by atoms with E-state index in [0.717, 1.165) is 6.54 Å². The molecule has 0 N–H and O–H groups in total. The minimum atomic E-state index is -0.879. The first-order valence-electron chi connectivity index (χ1n) is 6.24. The van der Waals surface area contributed by atoms with Crippen molar-refractivity contribution in [3.63, 3.8) is 0 Å². The summed E-state index contributed by atoms with van der Waals surface area (Å²) >= 11 is 2.19. The molecule has 0 aromatic heterocycles. The fourth-order valence-electron chi connectivity index (χ4n) is 1.80.